The van der Waals surface area contributed by atoms with E-state index >= 15 is 0 Å². The van der Waals surface area contributed by atoms with Crippen molar-refractivity contribution in [2.75, 3.05) is 13.1 Å². The molecule has 126 valence electrons. The maximum Gasteiger partial charge on any atom is 0.412 e. The topological polar surface area (TPSA) is 64.3 Å². The second kappa shape index (κ2) is 6.57. The number of ether oxygens (including phenoxy) is 1. The van der Waals surface area contributed by atoms with Crippen LogP contribution in [0.15, 0.2) is 48.5 Å². The zero-order chi connectivity index (χ0) is 17.2. The number of allylic oxidation sites excluding steroid dienone is 1. The number of carbonyl (C=O) groups excluding carboxylic acids is 1. The van der Waals surface area contributed by atoms with Gasteiger partial charge >= 0.3 is 6.09 Å². The van der Waals surface area contributed by atoms with Crippen molar-refractivity contribution in [3.05, 3.63) is 59.7 Å². The average Bonchev–Trinajstić information content (AvgIpc) is 3.10. The zero-order valence-electron chi connectivity index (χ0n) is 13.9. The van der Waals surface area contributed by atoms with Gasteiger partial charge in [0.25, 0.3) is 0 Å². The minimum absolute atomic E-state index is 0.447. The van der Waals surface area contributed by atoms with Crippen LogP contribution in [0.1, 0.15) is 17.5 Å². The summed E-state index contributed by atoms with van der Waals surface area (Å²) >= 11 is 0. The van der Waals surface area contributed by atoms with Gasteiger partial charge in [-0.3, -0.25) is 0 Å². The third kappa shape index (κ3) is 2.96. The van der Waals surface area contributed by atoms with Crippen molar-refractivity contribution in [1.29, 1.82) is 0 Å². The fourth-order valence-corrected chi connectivity index (χ4v) is 3.39. The second-order valence-corrected chi connectivity index (χ2v) is 6.24. The van der Waals surface area contributed by atoms with E-state index < -0.39 is 6.09 Å². The molecule has 0 saturated carbocycles. The number of hydrogen-bond donors (Lipinski definition) is 2. The average molecular weight is 332 g/mol. The third-order valence-corrected chi connectivity index (χ3v) is 4.62. The Morgan fingerprint density at radius 3 is 2.80 bits per heavy atom. The number of amides is 1. The van der Waals surface area contributed by atoms with Crippen LogP contribution < -0.4 is 15.8 Å². The van der Waals surface area contributed by atoms with Crippen LogP contribution in [-0.2, 0) is 6.42 Å². The van der Waals surface area contributed by atoms with Gasteiger partial charge in [0, 0.05) is 6.54 Å². The Balaban J connectivity index is 1.65. The zero-order valence-corrected chi connectivity index (χ0v) is 13.9. The summed E-state index contributed by atoms with van der Waals surface area (Å²) in [5.74, 6) is 0.542. The van der Waals surface area contributed by atoms with E-state index in [1.54, 1.807) is 0 Å². The molecule has 0 bridgehead atoms. The third-order valence-electron chi connectivity index (χ3n) is 4.62. The highest BCUT2D eigenvalue weighted by Crippen LogP contribution is 2.34. The van der Waals surface area contributed by atoms with Crippen molar-refractivity contribution in [1.82, 2.24) is 5.32 Å². The highest BCUT2D eigenvalue weighted by atomic mass is 16.6. The maximum absolute atomic E-state index is 11.8. The standard InChI is InChI=1S/C21H20N2O2/c22-11-2-12-23-21(24)25-16-7-10-18-15(13-16)6-9-19-17-4-1-3-14(17)5-8-20(18)19/h1,3,5-10,13H,2,4,11-12,22H2,(H,23,24). The number of rotatable bonds is 4. The van der Waals surface area contributed by atoms with E-state index in [4.69, 9.17) is 10.5 Å². The van der Waals surface area contributed by atoms with Crippen LogP contribution in [0.2, 0.25) is 0 Å². The van der Waals surface area contributed by atoms with Crippen molar-refractivity contribution in [3.63, 3.8) is 0 Å². The smallest absolute Gasteiger partial charge is 0.410 e. The molecule has 4 nitrogen and oxygen atoms in total. The van der Waals surface area contributed by atoms with Gasteiger partial charge < -0.3 is 15.8 Å². The molecular formula is C21H20N2O2. The number of nitrogens with two attached hydrogens (primary N) is 1. The van der Waals surface area contributed by atoms with E-state index in [-0.39, 0.29) is 0 Å². The Hall–Kier alpha value is -2.85. The highest BCUT2D eigenvalue weighted by Gasteiger charge is 2.12. The van der Waals surface area contributed by atoms with Gasteiger partial charge in [0.1, 0.15) is 5.75 Å². The van der Waals surface area contributed by atoms with Crippen LogP contribution in [0, 0.1) is 0 Å². The monoisotopic (exact) mass is 332 g/mol. The minimum Gasteiger partial charge on any atom is -0.410 e. The molecule has 0 atom stereocenters. The molecule has 0 unspecified atom stereocenters. The van der Waals surface area contributed by atoms with Crippen LogP contribution in [0.25, 0.3) is 27.6 Å². The van der Waals surface area contributed by atoms with E-state index in [0.29, 0.717) is 18.8 Å². The molecule has 0 aliphatic heterocycles. The van der Waals surface area contributed by atoms with Gasteiger partial charge in [-0.25, -0.2) is 4.79 Å². The Bertz CT molecular complexity index is 992. The highest BCUT2D eigenvalue weighted by molar-refractivity contribution is 6.09. The lowest BCUT2D eigenvalue weighted by Crippen LogP contribution is -2.28. The molecule has 3 N–H and O–H groups in total. The van der Waals surface area contributed by atoms with Crippen molar-refractivity contribution >= 4 is 33.7 Å². The Kier molecular flexibility index (Phi) is 4.12. The van der Waals surface area contributed by atoms with E-state index in [1.165, 1.54) is 27.3 Å². The quantitative estimate of drug-likeness (QED) is 0.561. The summed E-state index contributed by atoms with van der Waals surface area (Å²) in [6.07, 6.45) is 5.66. The van der Waals surface area contributed by atoms with Crippen molar-refractivity contribution in [3.8, 4) is 5.75 Å². The molecule has 0 fully saturated rings. The molecule has 0 radical (unpaired) electrons. The van der Waals surface area contributed by atoms with Crippen LogP contribution in [0.4, 0.5) is 4.79 Å². The molecule has 4 heteroatoms. The summed E-state index contributed by atoms with van der Waals surface area (Å²) in [6.45, 7) is 1.06. The molecule has 0 heterocycles. The van der Waals surface area contributed by atoms with E-state index in [9.17, 15) is 4.79 Å². The molecule has 0 saturated heterocycles. The summed E-state index contributed by atoms with van der Waals surface area (Å²) in [7, 11) is 0. The number of fused-ring (bicyclic) bond motifs is 5. The van der Waals surface area contributed by atoms with E-state index in [2.05, 4.69) is 41.7 Å². The first kappa shape index (κ1) is 15.7. The first-order valence-corrected chi connectivity index (χ1v) is 8.57. The van der Waals surface area contributed by atoms with E-state index in [1.807, 2.05) is 18.2 Å². The van der Waals surface area contributed by atoms with Crippen molar-refractivity contribution in [2.45, 2.75) is 12.8 Å². The molecule has 3 aromatic rings. The Morgan fingerprint density at radius 1 is 1.08 bits per heavy atom. The van der Waals surface area contributed by atoms with Crippen molar-refractivity contribution < 1.29 is 9.53 Å². The lowest BCUT2D eigenvalue weighted by molar-refractivity contribution is 0.200. The predicted octanol–water partition coefficient (Wildman–Crippen LogP) is 4.00. The largest absolute Gasteiger partial charge is 0.412 e. The molecule has 0 aromatic heterocycles. The molecule has 4 rings (SSSR count). The van der Waals surface area contributed by atoms with Gasteiger partial charge in [-0.1, -0.05) is 42.5 Å². The number of hydrogen-bond acceptors (Lipinski definition) is 3. The second-order valence-electron chi connectivity index (χ2n) is 6.24. The summed E-state index contributed by atoms with van der Waals surface area (Å²) < 4.78 is 5.35. The van der Waals surface area contributed by atoms with Crippen LogP contribution in [0.3, 0.4) is 0 Å². The van der Waals surface area contributed by atoms with Crippen LogP contribution >= 0.6 is 0 Å². The Labute approximate surface area is 146 Å². The van der Waals surface area contributed by atoms with Gasteiger partial charge in [0.05, 0.1) is 0 Å². The molecule has 1 aliphatic rings. The summed E-state index contributed by atoms with van der Waals surface area (Å²) in [5, 5.41) is 7.45. The minimum atomic E-state index is -0.447. The molecule has 0 spiro atoms. The molecule has 1 aliphatic carbocycles. The molecular weight excluding hydrogens is 312 g/mol. The molecule has 25 heavy (non-hydrogen) atoms. The number of benzene rings is 3. The normalized spacial score (nSPS) is 12.5. The first-order valence-electron chi connectivity index (χ1n) is 8.57. The molecule has 3 aromatic carbocycles. The van der Waals surface area contributed by atoms with Crippen LogP contribution in [-0.4, -0.2) is 19.2 Å². The summed E-state index contributed by atoms with van der Waals surface area (Å²) in [5.41, 5.74) is 8.11. The van der Waals surface area contributed by atoms with Gasteiger partial charge in [-0.05, 0) is 64.2 Å². The number of carbonyl (C=O) groups is 1. The lowest BCUT2D eigenvalue weighted by Gasteiger charge is -2.11. The van der Waals surface area contributed by atoms with E-state index in [0.717, 1.165) is 18.2 Å². The van der Waals surface area contributed by atoms with Crippen LogP contribution in [0.5, 0.6) is 5.75 Å². The Morgan fingerprint density at radius 2 is 1.92 bits per heavy atom. The fraction of sp³-hybridized carbons (Fsp3) is 0.190. The summed E-state index contributed by atoms with van der Waals surface area (Å²) in [6, 6.07) is 14.4. The molecule has 1 amide bonds. The SMILES string of the molecule is NCCCNC(=O)Oc1ccc2c(ccc3c4c(ccc32)C=CC4)c1. The van der Waals surface area contributed by atoms with Gasteiger partial charge in [-0.2, -0.15) is 0 Å². The summed E-state index contributed by atoms with van der Waals surface area (Å²) in [4.78, 5) is 11.8. The van der Waals surface area contributed by atoms with Gasteiger partial charge in [0.15, 0.2) is 0 Å². The number of nitrogens with one attached hydrogen (secondary N) is 1. The van der Waals surface area contributed by atoms with Gasteiger partial charge in [0.2, 0.25) is 0 Å². The first-order chi connectivity index (χ1) is 12.3. The predicted molar refractivity (Wildman–Crippen MR) is 102 cm³/mol. The van der Waals surface area contributed by atoms with Gasteiger partial charge in [-0.15, -0.1) is 0 Å². The lowest BCUT2D eigenvalue weighted by atomic mass is 9.96. The maximum atomic E-state index is 11.8. The fourth-order valence-electron chi connectivity index (χ4n) is 3.39. The van der Waals surface area contributed by atoms with Crippen molar-refractivity contribution in [2.24, 2.45) is 5.73 Å².